The molecule has 0 aliphatic heterocycles. The molecular formula is C21H18N4O2. The summed E-state index contributed by atoms with van der Waals surface area (Å²) < 4.78 is 7.08. The van der Waals surface area contributed by atoms with Gasteiger partial charge in [-0.25, -0.2) is 4.68 Å². The van der Waals surface area contributed by atoms with E-state index in [4.69, 9.17) is 4.42 Å². The molecule has 0 aliphatic carbocycles. The number of benzene rings is 1. The predicted octanol–water partition coefficient (Wildman–Crippen LogP) is 3.77. The van der Waals surface area contributed by atoms with Crippen LogP contribution in [-0.4, -0.2) is 20.7 Å². The van der Waals surface area contributed by atoms with Gasteiger partial charge in [0.15, 0.2) is 5.76 Å². The molecule has 4 aromatic rings. The van der Waals surface area contributed by atoms with Gasteiger partial charge in [0, 0.05) is 12.7 Å². The molecule has 1 N–H and O–H groups in total. The summed E-state index contributed by atoms with van der Waals surface area (Å²) in [7, 11) is 0. The first-order valence-corrected chi connectivity index (χ1v) is 8.59. The van der Waals surface area contributed by atoms with Gasteiger partial charge in [-0.2, -0.15) is 5.10 Å². The van der Waals surface area contributed by atoms with Crippen LogP contribution in [0.2, 0.25) is 0 Å². The third-order valence-electron chi connectivity index (χ3n) is 4.31. The number of aromatic nitrogens is 3. The fourth-order valence-electron chi connectivity index (χ4n) is 2.84. The highest BCUT2D eigenvalue weighted by atomic mass is 16.3. The second-order valence-electron chi connectivity index (χ2n) is 6.10. The standard InChI is InChI=1S/C21H18N4O2/c1-15-18(14-24-25(15)17-6-3-2-4-7-17)21(26)23-13-16-9-10-19(22-12-16)20-8-5-11-27-20/h2-12,14H,13H2,1H3,(H,23,26). The number of pyridine rings is 1. The van der Waals surface area contributed by atoms with Crippen molar-refractivity contribution in [2.75, 3.05) is 0 Å². The summed E-state index contributed by atoms with van der Waals surface area (Å²) in [6, 6.07) is 17.2. The second-order valence-corrected chi connectivity index (χ2v) is 6.10. The van der Waals surface area contributed by atoms with Crippen LogP contribution in [0.25, 0.3) is 17.1 Å². The molecule has 134 valence electrons. The van der Waals surface area contributed by atoms with Crippen LogP contribution in [0, 0.1) is 6.92 Å². The molecule has 0 spiro atoms. The Morgan fingerprint density at radius 1 is 1.07 bits per heavy atom. The third-order valence-corrected chi connectivity index (χ3v) is 4.31. The molecule has 1 amide bonds. The topological polar surface area (TPSA) is 73.0 Å². The van der Waals surface area contributed by atoms with Crippen molar-refractivity contribution < 1.29 is 9.21 Å². The lowest BCUT2D eigenvalue weighted by atomic mass is 10.2. The molecule has 0 saturated carbocycles. The Bertz CT molecular complexity index is 1040. The van der Waals surface area contributed by atoms with Crippen LogP contribution in [0.1, 0.15) is 21.6 Å². The van der Waals surface area contributed by atoms with Crippen molar-refractivity contribution >= 4 is 5.91 Å². The average Bonchev–Trinajstić information content (AvgIpc) is 3.37. The Morgan fingerprint density at radius 2 is 1.93 bits per heavy atom. The monoisotopic (exact) mass is 358 g/mol. The SMILES string of the molecule is Cc1c(C(=O)NCc2ccc(-c3ccco3)nc2)cnn1-c1ccccc1. The van der Waals surface area contributed by atoms with Gasteiger partial charge < -0.3 is 9.73 Å². The minimum absolute atomic E-state index is 0.162. The molecule has 27 heavy (non-hydrogen) atoms. The van der Waals surface area contributed by atoms with E-state index in [0.717, 1.165) is 28.4 Å². The largest absolute Gasteiger partial charge is 0.463 e. The fraction of sp³-hybridized carbons (Fsp3) is 0.0952. The Labute approximate surface area is 156 Å². The van der Waals surface area contributed by atoms with Gasteiger partial charge in [0.05, 0.1) is 29.4 Å². The summed E-state index contributed by atoms with van der Waals surface area (Å²) in [6.45, 7) is 2.27. The van der Waals surface area contributed by atoms with Crippen molar-refractivity contribution in [1.29, 1.82) is 0 Å². The van der Waals surface area contributed by atoms with Gasteiger partial charge in [0.25, 0.3) is 5.91 Å². The predicted molar refractivity (Wildman–Crippen MR) is 101 cm³/mol. The van der Waals surface area contributed by atoms with Gasteiger partial charge in [0.1, 0.15) is 5.69 Å². The molecular weight excluding hydrogens is 340 g/mol. The number of nitrogens with zero attached hydrogens (tertiary/aromatic N) is 3. The quantitative estimate of drug-likeness (QED) is 0.589. The molecule has 0 saturated heterocycles. The molecule has 6 nitrogen and oxygen atoms in total. The van der Waals surface area contributed by atoms with E-state index in [1.807, 2.05) is 61.5 Å². The zero-order valence-corrected chi connectivity index (χ0v) is 14.8. The second kappa shape index (κ2) is 7.29. The Hall–Kier alpha value is -3.67. The normalized spacial score (nSPS) is 10.7. The number of hydrogen-bond donors (Lipinski definition) is 1. The van der Waals surface area contributed by atoms with Crippen LogP contribution in [0.3, 0.4) is 0 Å². The number of amides is 1. The summed E-state index contributed by atoms with van der Waals surface area (Å²) in [5.41, 5.74) is 3.94. The van der Waals surface area contributed by atoms with Crippen LogP contribution >= 0.6 is 0 Å². The first-order chi connectivity index (χ1) is 13.2. The number of para-hydroxylation sites is 1. The minimum atomic E-state index is -0.162. The van der Waals surface area contributed by atoms with E-state index < -0.39 is 0 Å². The fourth-order valence-corrected chi connectivity index (χ4v) is 2.84. The minimum Gasteiger partial charge on any atom is -0.463 e. The number of rotatable bonds is 5. The summed E-state index contributed by atoms with van der Waals surface area (Å²) >= 11 is 0. The number of carbonyl (C=O) groups excluding carboxylic acids is 1. The number of hydrogen-bond acceptors (Lipinski definition) is 4. The zero-order chi connectivity index (χ0) is 18.6. The Balaban J connectivity index is 1.43. The first-order valence-electron chi connectivity index (χ1n) is 8.59. The zero-order valence-electron chi connectivity index (χ0n) is 14.8. The van der Waals surface area contributed by atoms with Gasteiger partial charge in [-0.15, -0.1) is 0 Å². The molecule has 4 rings (SSSR count). The number of nitrogens with one attached hydrogen (secondary N) is 1. The average molecular weight is 358 g/mol. The molecule has 0 atom stereocenters. The summed E-state index contributed by atoms with van der Waals surface area (Å²) in [6.07, 6.45) is 4.94. The lowest BCUT2D eigenvalue weighted by molar-refractivity contribution is 0.0950. The summed E-state index contributed by atoms with van der Waals surface area (Å²) in [5, 5.41) is 7.25. The molecule has 0 radical (unpaired) electrons. The van der Waals surface area contributed by atoms with E-state index in [1.165, 1.54) is 0 Å². The maximum atomic E-state index is 12.5. The lowest BCUT2D eigenvalue weighted by Gasteiger charge is -2.07. The highest BCUT2D eigenvalue weighted by molar-refractivity contribution is 5.95. The smallest absolute Gasteiger partial charge is 0.255 e. The van der Waals surface area contributed by atoms with E-state index in [1.54, 1.807) is 23.3 Å². The Kier molecular flexibility index (Phi) is 4.53. The van der Waals surface area contributed by atoms with Crippen molar-refractivity contribution in [2.45, 2.75) is 13.5 Å². The molecule has 1 aromatic carbocycles. The van der Waals surface area contributed by atoms with Gasteiger partial charge in [0.2, 0.25) is 0 Å². The molecule has 3 aromatic heterocycles. The van der Waals surface area contributed by atoms with Gasteiger partial charge in [-0.3, -0.25) is 9.78 Å². The van der Waals surface area contributed by atoms with Crippen molar-refractivity contribution in [3.63, 3.8) is 0 Å². The number of carbonyl (C=O) groups is 1. The molecule has 0 aliphatic rings. The summed E-state index contributed by atoms with van der Waals surface area (Å²) in [5.74, 6) is 0.555. The van der Waals surface area contributed by atoms with E-state index in [-0.39, 0.29) is 5.91 Å². The van der Waals surface area contributed by atoms with Crippen molar-refractivity contribution in [3.05, 3.63) is 90.1 Å². The van der Waals surface area contributed by atoms with Crippen LogP contribution < -0.4 is 5.32 Å². The maximum absolute atomic E-state index is 12.5. The van der Waals surface area contributed by atoms with Crippen LogP contribution in [0.15, 0.2) is 77.7 Å². The highest BCUT2D eigenvalue weighted by Crippen LogP contribution is 2.17. The van der Waals surface area contributed by atoms with Crippen LogP contribution in [-0.2, 0) is 6.54 Å². The Morgan fingerprint density at radius 3 is 2.63 bits per heavy atom. The molecule has 0 fully saturated rings. The van der Waals surface area contributed by atoms with Crippen LogP contribution in [0.5, 0.6) is 0 Å². The van der Waals surface area contributed by atoms with E-state index in [9.17, 15) is 4.79 Å². The third kappa shape index (κ3) is 3.50. The van der Waals surface area contributed by atoms with Gasteiger partial charge in [-0.1, -0.05) is 24.3 Å². The number of furan rings is 1. The molecule has 0 bridgehead atoms. The lowest BCUT2D eigenvalue weighted by Crippen LogP contribution is -2.23. The van der Waals surface area contributed by atoms with Gasteiger partial charge in [-0.05, 0) is 42.8 Å². The van der Waals surface area contributed by atoms with E-state index >= 15 is 0 Å². The van der Waals surface area contributed by atoms with E-state index in [0.29, 0.717) is 12.1 Å². The summed E-state index contributed by atoms with van der Waals surface area (Å²) in [4.78, 5) is 16.9. The van der Waals surface area contributed by atoms with E-state index in [2.05, 4.69) is 15.4 Å². The van der Waals surface area contributed by atoms with Crippen molar-refractivity contribution in [1.82, 2.24) is 20.1 Å². The first kappa shape index (κ1) is 16.8. The molecule has 0 unspecified atom stereocenters. The highest BCUT2D eigenvalue weighted by Gasteiger charge is 2.15. The van der Waals surface area contributed by atoms with Crippen molar-refractivity contribution in [3.8, 4) is 17.1 Å². The van der Waals surface area contributed by atoms with Gasteiger partial charge >= 0.3 is 0 Å². The molecule has 3 heterocycles. The molecule has 6 heteroatoms. The van der Waals surface area contributed by atoms with Crippen molar-refractivity contribution in [2.24, 2.45) is 0 Å². The maximum Gasteiger partial charge on any atom is 0.255 e. The van der Waals surface area contributed by atoms with Crippen LogP contribution in [0.4, 0.5) is 0 Å².